The summed E-state index contributed by atoms with van der Waals surface area (Å²) in [5.74, 6) is 1.66. The highest BCUT2D eigenvalue weighted by Crippen LogP contribution is 2.15. The average Bonchev–Trinajstić information content (AvgIpc) is 3.13. The molecule has 152 valence electrons. The molecule has 1 aliphatic rings. The molecular weight excluding hydrogens is 344 g/mol. The lowest BCUT2D eigenvalue weighted by Crippen LogP contribution is -2.41. The number of aryl methyl sites for hydroxylation is 1. The van der Waals surface area contributed by atoms with Gasteiger partial charge in [-0.05, 0) is 39.3 Å². The highest BCUT2D eigenvalue weighted by atomic mass is 16.1. The van der Waals surface area contributed by atoms with Gasteiger partial charge in [0.05, 0.1) is 5.92 Å². The number of piperidine rings is 1. The third-order valence-corrected chi connectivity index (χ3v) is 4.81. The van der Waals surface area contributed by atoms with Gasteiger partial charge < -0.3 is 25.8 Å². The molecule has 0 saturated carbocycles. The van der Waals surface area contributed by atoms with Crippen LogP contribution in [0.1, 0.15) is 38.9 Å². The van der Waals surface area contributed by atoms with Crippen LogP contribution in [0.15, 0.2) is 11.3 Å². The summed E-state index contributed by atoms with van der Waals surface area (Å²) in [7, 11) is 0. The molecule has 1 aromatic heterocycles. The minimum absolute atomic E-state index is 0.00640. The van der Waals surface area contributed by atoms with Crippen LogP contribution < -0.4 is 16.4 Å². The Bertz CT molecular complexity index is 600. The molecule has 2 heterocycles. The van der Waals surface area contributed by atoms with Crippen LogP contribution in [0, 0.1) is 5.92 Å². The van der Waals surface area contributed by atoms with Crippen LogP contribution in [-0.2, 0) is 17.8 Å². The number of carbonyl (C=O) groups excluding carboxylic acids is 1. The molecule has 0 radical (unpaired) electrons. The molecule has 0 aliphatic carbocycles. The van der Waals surface area contributed by atoms with E-state index >= 15 is 0 Å². The molecule has 0 spiro atoms. The third kappa shape index (κ3) is 7.16. The SMILES string of the molecule is CCNC(=NCCCN1CCCC(C(N)=O)C1)NCCn1cnnc1CC. The molecule has 9 nitrogen and oxygen atoms in total. The number of nitrogens with two attached hydrogens (primary N) is 1. The Labute approximate surface area is 161 Å². The summed E-state index contributed by atoms with van der Waals surface area (Å²) in [6.07, 6.45) is 5.58. The van der Waals surface area contributed by atoms with Gasteiger partial charge in [-0.15, -0.1) is 10.2 Å². The number of carbonyl (C=O) groups is 1. The van der Waals surface area contributed by atoms with Crippen molar-refractivity contribution in [2.75, 3.05) is 39.3 Å². The molecule has 1 fully saturated rings. The molecule has 1 unspecified atom stereocenters. The van der Waals surface area contributed by atoms with Gasteiger partial charge in [-0.1, -0.05) is 6.92 Å². The highest BCUT2D eigenvalue weighted by molar-refractivity contribution is 5.79. The summed E-state index contributed by atoms with van der Waals surface area (Å²) < 4.78 is 2.06. The minimum atomic E-state index is -0.171. The number of hydrogen-bond donors (Lipinski definition) is 3. The second kappa shape index (κ2) is 11.5. The molecule has 1 saturated heterocycles. The Kier molecular flexibility index (Phi) is 9.03. The summed E-state index contributed by atoms with van der Waals surface area (Å²) in [6, 6.07) is 0. The highest BCUT2D eigenvalue weighted by Gasteiger charge is 2.23. The van der Waals surface area contributed by atoms with Crippen molar-refractivity contribution in [3.63, 3.8) is 0 Å². The Hall–Kier alpha value is -2.16. The van der Waals surface area contributed by atoms with Crippen LogP contribution in [-0.4, -0.2) is 70.8 Å². The minimum Gasteiger partial charge on any atom is -0.369 e. The normalized spacial score (nSPS) is 18.4. The summed E-state index contributed by atoms with van der Waals surface area (Å²) >= 11 is 0. The molecule has 2 rings (SSSR count). The van der Waals surface area contributed by atoms with E-state index in [1.807, 2.05) is 0 Å². The smallest absolute Gasteiger partial charge is 0.221 e. The first kappa shape index (κ1) is 21.1. The third-order valence-electron chi connectivity index (χ3n) is 4.81. The zero-order valence-corrected chi connectivity index (χ0v) is 16.7. The van der Waals surface area contributed by atoms with E-state index in [2.05, 4.69) is 49.1 Å². The van der Waals surface area contributed by atoms with E-state index in [4.69, 9.17) is 5.73 Å². The van der Waals surface area contributed by atoms with Gasteiger partial charge in [0.25, 0.3) is 0 Å². The van der Waals surface area contributed by atoms with Gasteiger partial charge in [-0.3, -0.25) is 9.79 Å². The number of guanidine groups is 1. The molecule has 0 bridgehead atoms. The van der Waals surface area contributed by atoms with Crippen LogP contribution in [0.3, 0.4) is 0 Å². The van der Waals surface area contributed by atoms with E-state index in [0.29, 0.717) is 0 Å². The van der Waals surface area contributed by atoms with Gasteiger partial charge in [0.1, 0.15) is 12.2 Å². The van der Waals surface area contributed by atoms with Gasteiger partial charge in [0.2, 0.25) is 5.91 Å². The first-order valence-corrected chi connectivity index (χ1v) is 10.0. The Morgan fingerprint density at radius 2 is 2.22 bits per heavy atom. The monoisotopic (exact) mass is 378 g/mol. The average molecular weight is 379 g/mol. The van der Waals surface area contributed by atoms with Crippen LogP contribution in [0.25, 0.3) is 0 Å². The number of primary amides is 1. The molecule has 27 heavy (non-hydrogen) atoms. The second-order valence-corrected chi connectivity index (χ2v) is 6.88. The number of hydrogen-bond acceptors (Lipinski definition) is 5. The van der Waals surface area contributed by atoms with Crippen molar-refractivity contribution < 1.29 is 4.79 Å². The summed E-state index contributed by atoms with van der Waals surface area (Å²) in [6.45, 7) is 10.1. The predicted molar refractivity (Wildman–Crippen MR) is 106 cm³/mol. The summed E-state index contributed by atoms with van der Waals surface area (Å²) in [5.41, 5.74) is 5.44. The van der Waals surface area contributed by atoms with E-state index in [-0.39, 0.29) is 11.8 Å². The van der Waals surface area contributed by atoms with Crippen molar-refractivity contribution in [3.8, 4) is 0 Å². The Morgan fingerprint density at radius 3 is 2.96 bits per heavy atom. The number of likely N-dealkylation sites (tertiary alicyclic amines) is 1. The fraction of sp³-hybridized carbons (Fsp3) is 0.778. The zero-order valence-electron chi connectivity index (χ0n) is 16.7. The molecule has 1 aromatic rings. The molecule has 4 N–H and O–H groups in total. The second-order valence-electron chi connectivity index (χ2n) is 6.88. The van der Waals surface area contributed by atoms with Crippen LogP contribution in [0.4, 0.5) is 0 Å². The lowest BCUT2D eigenvalue weighted by Gasteiger charge is -2.30. The fourth-order valence-electron chi connectivity index (χ4n) is 3.35. The van der Waals surface area contributed by atoms with Gasteiger partial charge in [-0.25, -0.2) is 0 Å². The summed E-state index contributed by atoms with van der Waals surface area (Å²) in [5, 5.41) is 14.7. The van der Waals surface area contributed by atoms with Crippen LogP contribution >= 0.6 is 0 Å². The molecule has 1 aliphatic heterocycles. The van der Waals surface area contributed by atoms with E-state index < -0.39 is 0 Å². The van der Waals surface area contributed by atoms with Gasteiger partial charge in [0, 0.05) is 39.1 Å². The van der Waals surface area contributed by atoms with E-state index in [1.165, 1.54) is 0 Å². The first-order chi connectivity index (χ1) is 13.1. The van der Waals surface area contributed by atoms with Crippen molar-refractivity contribution in [2.24, 2.45) is 16.6 Å². The zero-order chi connectivity index (χ0) is 19.5. The lowest BCUT2D eigenvalue weighted by molar-refractivity contribution is -0.123. The number of nitrogens with zero attached hydrogens (tertiary/aromatic N) is 5. The van der Waals surface area contributed by atoms with Gasteiger partial charge in [0.15, 0.2) is 5.96 Å². The number of rotatable bonds is 10. The maximum absolute atomic E-state index is 11.4. The molecule has 0 aromatic carbocycles. The maximum atomic E-state index is 11.4. The maximum Gasteiger partial charge on any atom is 0.221 e. The molecular formula is C18H34N8O. The topological polar surface area (TPSA) is 113 Å². The standard InChI is InChI=1S/C18H34N8O/c1-3-16-24-23-14-26(16)12-9-22-18(20-4-2)21-8-6-11-25-10-5-7-15(13-25)17(19)27/h14-15H,3-13H2,1-2H3,(H2,19,27)(H2,20,21,22). The van der Waals surface area contributed by atoms with Crippen molar-refractivity contribution in [1.82, 2.24) is 30.3 Å². The van der Waals surface area contributed by atoms with E-state index in [0.717, 1.165) is 83.3 Å². The number of amides is 1. The van der Waals surface area contributed by atoms with Crippen molar-refractivity contribution in [2.45, 2.75) is 46.1 Å². The van der Waals surface area contributed by atoms with Gasteiger partial charge >= 0.3 is 0 Å². The van der Waals surface area contributed by atoms with E-state index in [1.54, 1.807) is 6.33 Å². The first-order valence-electron chi connectivity index (χ1n) is 10.0. The number of aromatic nitrogens is 3. The number of nitrogens with one attached hydrogen (secondary N) is 2. The Morgan fingerprint density at radius 1 is 1.37 bits per heavy atom. The largest absolute Gasteiger partial charge is 0.369 e. The fourth-order valence-corrected chi connectivity index (χ4v) is 3.35. The molecule has 1 amide bonds. The predicted octanol–water partition coefficient (Wildman–Crippen LogP) is -0.0170. The quantitative estimate of drug-likeness (QED) is 0.300. The molecule has 9 heteroatoms. The Balaban J connectivity index is 1.70. The van der Waals surface area contributed by atoms with Crippen molar-refractivity contribution >= 4 is 11.9 Å². The van der Waals surface area contributed by atoms with Crippen LogP contribution in [0.2, 0.25) is 0 Å². The van der Waals surface area contributed by atoms with Crippen molar-refractivity contribution in [3.05, 3.63) is 12.2 Å². The van der Waals surface area contributed by atoms with E-state index in [9.17, 15) is 4.79 Å². The molecule has 1 atom stereocenters. The lowest BCUT2D eigenvalue weighted by atomic mass is 9.97. The van der Waals surface area contributed by atoms with Gasteiger partial charge in [-0.2, -0.15) is 0 Å². The summed E-state index contributed by atoms with van der Waals surface area (Å²) in [4.78, 5) is 18.3. The van der Waals surface area contributed by atoms with Crippen molar-refractivity contribution in [1.29, 1.82) is 0 Å². The van der Waals surface area contributed by atoms with Crippen LogP contribution in [0.5, 0.6) is 0 Å². The number of aliphatic imine (C=N–C) groups is 1.